The highest BCUT2D eigenvalue weighted by molar-refractivity contribution is 5.55. The van der Waals surface area contributed by atoms with Gasteiger partial charge in [-0.2, -0.15) is 0 Å². The van der Waals surface area contributed by atoms with Crippen LogP contribution in [0.25, 0.3) is 0 Å². The number of rotatable bonds is 7. The molecule has 100 valence electrons. The minimum absolute atomic E-state index is 0.0495. The van der Waals surface area contributed by atoms with Gasteiger partial charge in [-0.25, -0.2) is 0 Å². The van der Waals surface area contributed by atoms with Crippen molar-refractivity contribution in [3.63, 3.8) is 0 Å². The fourth-order valence-electron chi connectivity index (χ4n) is 1.69. The molecule has 0 fully saturated rings. The molecule has 18 heavy (non-hydrogen) atoms. The van der Waals surface area contributed by atoms with Crippen molar-refractivity contribution < 1.29 is 14.8 Å². The fraction of sp³-hybridized carbons (Fsp3) is 0.500. The molecule has 0 saturated carbocycles. The molecule has 0 bridgehead atoms. The lowest BCUT2D eigenvalue weighted by Gasteiger charge is -2.19. The number of nitro groups is 1. The molecule has 1 aromatic carbocycles. The van der Waals surface area contributed by atoms with Crippen molar-refractivity contribution in [2.75, 3.05) is 32.2 Å². The maximum Gasteiger partial charge on any atom is 0.275 e. The lowest BCUT2D eigenvalue weighted by atomic mass is 10.1. The second-order valence-electron chi connectivity index (χ2n) is 4.00. The van der Waals surface area contributed by atoms with Gasteiger partial charge in [0, 0.05) is 39.1 Å². The van der Waals surface area contributed by atoms with Crippen molar-refractivity contribution in [1.29, 1.82) is 0 Å². The van der Waals surface area contributed by atoms with Gasteiger partial charge in [-0.05, 0) is 18.6 Å². The highest BCUT2D eigenvalue weighted by Gasteiger charge is 2.14. The number of nitro benzene ring substituents is 1. The molecule has 0 atom stereocenters. The molecule has 0 amide bonds. The van der Waals surface area contributed by atoms with E-state index >= 15 is 0 Å². The second-order valence-corrected chi connectivity index (χ2v) is 4.00. The van der Waals surface area contributed by atoms with Crippen molar-refractivity contribution in [3.8, 4) is 0 Å². The van der Waals surface area contributed by atoms with Crippen molar-refractivity contribution in [3.05, 3.63) is 33.9 Å². The highest BCUT2D eigenvalue weighted by Crippen LogP contribution is 2.24. The van der Waals surface area contributed by atoms with E-state index in [9.17, 15) is 10.1 Å². The number of nitrogens with zero attached hydrogens (tertiary/aromatic N) is 2. The number of hydrogen-bond donors (Lipinski definition) is 1. The van der Waals surface area contributed by atoms with Gasteiger partial charge in [0.1, 0.15) is 0 Å². The molecule has 0 saturated heterocycles. The van der Waals surface area contributed by atoms with Gasteiger partial charge >= 0.3 is 0 Å². The summed E-state index contributed by atoms with van der Waals surface area (Å²) < 4.78 is 4.97. The maximum atomic E-state index is 10.7. The van der Waals surface area contributed by atoms with Crippen LogP contribution in [0.1, 0.15) is 12.0 Å². The zero-order valence-corrected chi connectivity index (χ0v) is 10.6. The van der Waals surface area contributed by atoms with Crippen LogP contribution in [0, 0.1) is 10.1 Å². The van der Waals surface area contributed by atoms with Gasteiger partial charge < -0.3 is 14.7 Å². The number of ether oxygens (including phenoxy) is 1. The van der Waals surface area contributed by atoms with Crippen molar-refractivity contribution in [2.45, 2.75) is 13.0 Å². The van der Waals surface area contributed by atoms with Gasteiger partial charge in [0.05, 0.1) is 17.1 Å². The largest absolute Gasteiger partial charge is 0.391 e. The summed E-state index contributed by atoms with van der Waals surface area (Å²) in [5, 5.41) is 19.9. The van der Waals surface area contributed by atoms with Crippen LogP contribution < -0.4 is 4.90 Å². The molecule has 0 aliphatic carbocycles. The monoisotopic (exact) mass is 254 g/mol. The first kappa shape index (κ1) is 14.4. The van der Waals surface area contributed by atoms with Crippen LogP contribution in [0.2, 0.25) is 0 Å². The van der Waals surface area contributed by atoms with E-state index in [4.69, 9.17) is 9.84 Å². The quantitative estimate of drug-likeness (QED) is 0.454. The van der Waals surface area contributed by atoms with Crippen LogP contribution in [0.15, 0.2) is 18.2 Å². The molecule has 0 unspecified atom stereocenters. The standard InChI is InChI=1S/C12H18N2O4/c1-13(6-3-7-18-2)11-4-5-12(14(16)17)10(8-11)9-15/h4-5,8,15H,3,6-7,9H2,1-2H3. The molecule has 0 spiro atoms. The van der Waals surface area contributed by atoms with E-state index < -0.39 is 4.92 Å². The Bertz CT molecular complexity index is 409. The Labute approximate surface area is 106 Å². The molecular weight excluding hydrogens is 236 g/mol. The predicted molar refractivity (Wildman–Crippen MR) is 68.8 cm³/mol. The van der Waals surface area contributed by atoms with Crippen LogP contribution in [0.5, 0.6) is 0 Å². The summed E-state index contributed by atoms with van der Waals surface area (Å²) in [5.74, 6) is 0. The van der Waals surface area contributed by atoms with E-state index in [1.54, 1.807) is 19.2 Å². The van der Waals surface area contributed by atoms with Crippen molar-refractivity contribution in [1.82, 2.24) is 0 Å². The van der Waals surface area contributed by atoms with Crippen LogP contribution in [-0.2, 0) is 11.3 Å². The Kier molecular flexibility index (Phi) is 5.54. The molecule has 0 aliphatic rings. The molecule has 1 rings (SSSR count). The molecule has 0 aliphatic heterocycles. The topological polar surface area (TPSA) is 75.8 Å². The minimum Gasteiger partial charge on any atom is -0.391 e. The van der Waals surface area contributed by atoms with Crippen molar-refractivity contribution >= 4 is 11.4 Å². The summed E-state index contributed by atoms with van der Waals surface area (Å²) >= 11 is 0. The average molecular weight is 254 g/mol. The summed E-state index contributed by atoms with van der Waals surface area (Å²) in [7, 11) is 3.55. The van der Waals surface area contributed by atoms with Crippen LogP contribution >= 0.6 is 0 Å². The molecule has 0 aromatic heterocycles. The Balaban J connectivity index is 2.81. The molecule has 0 heterocycles. The first-order valence-corrected chi connectivity index (χ1v) is 5.68. The maximum absolute atomic E-state index is 10.7. The van der Waals surface area contributed by atoms with Crippen LogP contribution in [0.4, 0.5) is 11.4 Å². The van der Waals surface area contributed by atoms with Gasteiger partial charge in [-0.3, -0.25) is 10.1 Å². The van der Waals surface area contributed by atoms with E-state index in [1.165, 1.54) is 6.07 Å². The Morgan fingerprint density at radius 2 is 2.22 bits per heavy atom. The van der Waals surface area contributed by atoms with Crippen molar-refractivity contribution in [2.24, 2.45) is 0 Å². The number of aliphatic hydroxyl groups is 1. The van der Waals surface area contributed by atoms with E-state index in [-0.39, 0.29) is 12.3 Å². The van der Waals surface area contributed by atoms with Gasteiger partial charge in [-0.15, -0.1) is 0 Å². The van der Waals surface area contributed by atoms with E-state index in [0.717, 1.165) is 18.7 Å². The molecule has 6 heteroatoms. The smallest absolute Gasteiger partial charge is 0.275 e. The molecular formula is C12H18N2O4. The zero-order valence-electron chi connectivity index (χ0n) is 10.6. The van der Waals surface area contributed by atoms with Gasteiger partial charge in [0.25, 0.3) is 5.69 Å². The Morgan fingerprint density at radius 1 is 1.50 bits per heavy atom. The van der Waals surface area contributed by atoms with Gasteiger partial charge in [0.15, 0.2) is 0 Å². The summed E-state index contributed by atoms with van der Waals surface area (Å²) in [5.41, 5.74) is 1.13. The Hall–Kier alpha value is -1.66. The number of benzene rings is 1. The van der Waals surface area contributed by atoms with Gasteiger partial charge in [-0.1, -0.05) is 0 Å². The summed E-state index contributed by atoms with van der Waals surface area (Å²) in [6.45, 7) is 1.12. The van der Waals surface area contributed by atoms with E-state index in [2.05, 4.69) is 0 Å². The second kappa shape index (κ2) is 6.93. The highest BCUT2D eigenvalue weighted by atomic mass is 16.6. The average Bonchev–Trinajstić information content (AvgIpc) is 2.37. The summed E-state index contributed by atoms with van der Waals surface area (Å²) in [4.78, 5) is 12.2. The minimum atomic E-state index is -0.486. The lowest BCUT2D eigenvalue weighted by Crippen LogP contribution is -2.19. The number of hydrogen-bond acceptors (Lipinski definition) is 5. The van der Waals surface area contributed by atoms with E-state index in [0.29, 0.717) is 12.2 Å². The van der Waals surface area contributed by atoms with Gasteiger partial charge in [0.2, 0.25) is 0 Å². The summed E-state index contributed by atoms with van der Waals surface area (Å²) in [6.07, 6.45) is 0.873. The van der Waals surface area contributed by atoms with Crippen LogP contribution in [0.3, 0.4) is 0 Å². The van der Waals surface area contributed by atoms with E-state index in [1.807, 2.05) is 11.9 Å². The Morgan fingerprint density at radius 3 is 2.78 bits per heavy atom. The normalized spacial score (nSPS) is 10.4. The van der Waals surface area contributed by atoms with Crippen LogP contribution in [-0.4, -0.2) is 37.3 Å². The fourth-order valence-corrected chi connectivity index (χ4v) is 1.69. The third-order valence-electron chi connectivity index (χ3n) is 2.71. The molecule has 6 nitrogen and oxygen atoms in total. The number of methoxy groups -OCH3 is 1. The molecule has 1 aromatic rings. The SMILES string of the molecule is COCCCN(C)c1ccc([N+](=O)[O-])c(CO)c1. The zero-order chi connectivity index (χ0) is 13.5. The number of aliphatic hydroxyl groups excluding tert-OH is 1. The molecule has 1 N–H and O–H groups in total. The predicted octanol–water partition coefficient (Wildman–Crippen LogP) is 1.56. The molecule has 0 radical (unpaired) electrons. The number of anilines is 1. The first-order valence-electron chi connectivity index (χ1n) is 5.68. The lowest BCUT2D eigenvalue weighted by molar-refractivity contribution is -0.385. The summed E-state index contributed by atoms with van der Waals surface area (Å²) in [6, 6.07) is 4.75. The first-order chi connectivity index (χ1) is 8.60. The third kappa shape index (κ3) is 3.68. The third-order valence-corrected chi connectivity index (χ3v) is 2.71.